The highest BCUT2D eigenvalue weighted by Crippen LogP contribution is 2.44. The van der Waals surface area contributed by atoms with Gasteiger partial charge in [-0.25, -0.2) is 4.79 Å². The number of thioether (sulfide) groups is 1. The third-order valence-corrected chi connectivity index (χ3v) is 3.38. The van der Waals surface area contributed by atoms with Crippen molar-refractivity contribution < 1.29 is 9.53 Å². The third-order valence-electron chi connectivity index (χ3n) is 2.21. The van der Waals surface area contributed by atoms with Crippen molar-refractivity contribution in [2.45, 2.75) is 4.90 Å². The minimum Gasteiger partial charge on any atom is -0.466 e. The van der Waals surface area contributed by atoms with Crippen LogP contribution in [0, 0.1) is 0 Å². The van der Waals surface area contributed by atoms with Crippen LogP contribution in [0.15, 0.2) is 40.3 Å². The number of anilines is 1. The number of methoxy groups -OCH3 is 1. The molecular weight excluding hydrogens is 210 g/mol. The van der Waals surface area contributed by atoms with E-state index in [0.29, 0.717) is 0 Å². The molecule has 0 atom stereocenters. The normalized spacial score (nSPS) is 16.7. The van der Waals surface area contributed by atoms with E-state index in [2.05, 4.69) is 4.74 Å². The smallest absolute Gasteiger partial charge is 0.333 e. The first kappa shape index (κ1) is 10.1. The van der Waals surface area contributed by atoms with Gasteiger partial charge < -0.3 is 9.64 Å². The molecule has 1 aromatic rings. The van der Waals surface area contributed by atoms with Crippen LogP contribution in [0.3, 0.4) is 0 Å². The number of ether oxygens (including phenoxy) is 1. The summed E-state index contributed by atoms with van der Waals surface area (Å²) in [5.74, 6) is -0.322. The second kappa shape index (κ2) is 3.98. The fourth-order valence-electron chi connectivity index (χ4n) is 1.41. The molecule has 0 fully saturated rings. The second-order valence-corrected chi connectivity index (χ2v) is 4.20. The Morgan fingerprint density at radius 3 is 2.87 bits per heavy atom. The first-order valence-corrected chi connectivity index (χ1v) is 5.34. The van der Waals surface area contributed by atoms with E-state index >= 15 is 0 Å². The number of hydrogen-bond donors (Lipinski definition) is 0. The Labute approximate surface area is 92.7 Å². The molecule has 0 spiro atoms. The van der Waals surface area contributed by atoms with Crippen LogP contribution < -0.4 is 4.90 Å². The largest absolute Gasteiger partial charge is 0.466 e. The van der Waals surface area contributed by atoms with E-state index < -0.39 is 0 Å². The fourth-order valence-corrected chi connectivity index (χ4v) is 2.48. The predicted molar refractivity (Wildman–Crippen MR) is 60.8 cm³/mol. The monoisotopic (exact) mass is 221 g/mol. The lowest BCUT2D eigenvalue weighted by molar-refractivity contribution is -0.134. The number of rotatable bonds is 1. The third kappa shape index (κ3) is 1.85. The maximum absolute atomic E-state index is 11.1. The zero-order chi connectivity index (χ0) is 10.8. The predicted octanol–water partition coefficient (Wildman–Crippen LogP) is 2.24. The first-order chi connectivity index (χ1) is 7.22. The van der Waals surface area contributed by atoms with Gasteiger partial charge in [-0.2, -0.15) is 0 Å². The summed E-state index contributed by atoms with van der Waals surface area (Å²) < 4.78 is 4.60. The Balaban J connectivity index is 2.31. The van der Waals surface area contributed by atoms with E-state index in [-0.39, 0.29) is 5.97 Å². The summed E-state index contributed by atoms with van der Waals surface area (Å²) in [6, 6.07) is 8.03. The molecule has 2 rings (SSSR count). The average Bonchev–Trinajstić information content (AvgIpc) is 2.57. The average molecular weight is 221 g/mol. The van der Waals surface area contributed by atoms with Crippen LogP contribution in [0.25, 0.3) is 0 Å². The Morgan fingerprint density at radius 2 is 2.20 bits per heavy atom. The zero-order valence-electron chi connectivity index (χ0n) is 8.56. The number of esters is 1. The molecule has 0 unspecified atom stereocenters. The highest BCUT2D eigenvalue weighted by atomic mass is 32.2. The van der Waals surface area contributed by atoms with E-state index in [9.17, 15) is 4.79 Å². The van der Waals surface area contributed by atoms with Gasteiger partial charge in [0.15, 0.2) is 0 Å². The van der Waals surface area contributed by atoms with Crippen LogP contribution in [-0.2, 0) is 9.53 Å². The van der Waals surface area contributed by atoms with Gasteiger partial charge in [0.25, 0.3) is 0 Å². The van der Waals surface area contributed by atoms with Crippen molar-refractivity contribution >= 4 is 23.4 Å². The topological polar surface area (TPSA) is 29.5 Å². The van der Waals surface area contributed by atoms with Crippen molar-refractivity contribution in [1.82, 2.24) is 0 Å². The highest BCUT2D eigenvalue weighted by Gasteiger charge is 2.21. The van der Waals surface area contributed by atoms with E-state index in [1.165, 1.54) is 13.2 Å². The number of carbonyl (C=O) groups is 1. The highest BCUT2D eigenvalue weighted by molar-refractivity contribution is 8.03. The van der Waals surface area contributed by atoms with Crippen molar-refractivity contribution in [3.05, 3.63) is 35.4 Å². The van der Waals surface area contributed by atoms with Gasteiger partial charge >= 0.3 is 5.97 Å². The second-order valence-electron chi connectivity index (χ2n) is 3.13. The minimum atomic E-state index is -0.322. The van der Waals surface area contributed by atoms with E-state index in [4.69, 9.17) is 0 Å². The van der Waals surface area contributed by atoms with Gasteiger partial charge in [-0.1, -0.05) is 23.9 Å². The van der Waals surface area contributed by atoms with E-state index in [1.54, 1.807) is 11.8 Å². The van der Waals surface area contributed by atoms with Gasteiger partial charge in [0.1, 0.15) is 0 Å². The lowest BCUT2D eigenvalue weighted by atomic mass is 10.3. The first-order valence-electron chi connectivity index (χ1n) is 4.52. The van der Waals surface area contributed by atoms with E-state index in [1.807, 2.05) is 36.2 Å². The van der Waals surface area contributed by atoms with Crippen LogP contribution in [0.4, 0.5) is 5.69 Å². The lowest BCUT2D eigenvalue weighted by Gasteiger charge is -2.12. The van der Waals surface area contributed by atoms with Gasteiger partial charge in [0, 0.05) is 11.9 Å². The molecule has 0 bridgehead atoms. The number of fused-ring (bicyclic) bond motifs is 1. The fraction of sp³-hybridized carbons (Fsp3) is 0.182. The maximum Gasteiger partial charge on any atom is 0.333 e. The van der Waals surface area contributed by atoms with Crippen molar-refractivity contribution in [3.8, 4) is 0 Å². The quantitative estimate of drug-likeness (QED) is 0.537. The standard InChI is InChI=1S/C11H11NO2S/c1-12-8-5-3-4-6-9(8)15-10(12)7-11(13)14-2/h3-7H,1-2H3/b10-7+. The number of carbonyl (C=O) groups excluding carboxylic acids is 1. The van der Waals surface area contributed by atoms with Crippen LogP contribution >= 0.6 is 11.8 Å². The summed E-state index contributed by atoms with van der Waals surface area (Å²) in [4.78, 5) is 14.3. The van der Waals surface area contributed by atoms with Crippen molar-refractivity contribution in [3.63, 3.8) is 0 Å². The summed E-state index contributed by atoms with van der Waals surface area (Å²) >= 11 is 1.57. The van der Waals surface area contributed by atoms with Crippen LogP contribution in [0.5, 0.6) is 0 Å². The number of para-hydroxylation sites is 1. The Bertz CT molecular complexity index is 428. The molecule has 0 saturated carbocycles. The molecular formula is C11H11NO2S. The van der Waals surface area contributed by atoms with Crippen molar-refractivity contribution in [2.75, 3.05) is 19.1 Å². The maximum atomic E-state index is 11.1. The molecule has 1 aliphatic heterocycles. The molecule has 1 aromatic carbocycles. The molecule has 0 amide bonds. The van der Waals surface area contributed by atoms with Crippen molar-refractivity contribution in [2.24, 2.45) is 0 Å². The number of hydrogen-bond acceptors (Lipinski definition) is 4. The molecule has 0 N–H and O–H groups in total. The summed E-state index contributed by atoms with van der Waals surface area (Å²) in [5.41, 5.74) is 1.12. The molecule has 4 heteroatoms. The molecule has 1 heterocycles. The minimum absolute atomic E-state index is 0.322. The Hall–Kier alpha value is -1.42. The van der Waals surface area contributed by atoms with Crippen LogP contribution in [0.1, 0.15) is 0 Å². The Morgan fingerprint density at radius 1 is 1.47 bits per heavy atom. The molecule has 0 aromatic heterocycles. The number of benzene rings is 1. The van der Waals surface area contributed by atoms with Gasteiger partial charge in [-0.3, -0.25) is 0 Å². The summed E-state index contributed by atoms with van der Waals surface area (Å²) in [6.45, 7) is 0. The zero-order valence-corrected chi connectivity index (χ0v) is 9.38. The summed E-state index contributed by atoms with van der Waals surface area (Å²) in [7, 11) is 3.32. The molecule has 15 heavy (non-hydrogen) atoms. The molecule has 1 aliphatic rings. The van der Waals surface area contributed by atoms with Gasteiger partial charge in [-0.05, 0) is 12.1 Å². The molecule has 3 nitrogen and oxygen atoms in total. The summed E-state index contributed by atoms with van der Waals surface area (Å²) in [5, 5.41) is 0.892. The lowest BCUT2D eigenvalue weighted by Crippen LogP contribution is -2.11. The van der Waals surface area contributed by atoms with Gasteiger partial charge in [0.05, 0.1) is 23.9 Å². The van der Waals surface area contributed by atoms with Crippen LogP contribution in [-0.4, -0.2) is 20.1 Å². The molecule has 0 saturated heterocycles. The molecule has 78 valence electrons. The Kier molecular flexibility index (Phi) is 2.68. The summed E-state index contributed by atoms with van der Waals surface area (Å²) in [6.07, 6.45) is 1.50. The van der Waals surface area contributed by atoms with Gasteiger partial charge in [-0.15, -0.1) is 0 Å². The van der Waals surface area contributed by atoms with Gasteiger partial charge in [0.2, 0.25) is 0 Å². The molecule has 0 radical (unpaired) electrons. The number of nitrogens with zero attached hydrogens (tertiary/aromatic N) is 1. The SMILES string of the molecule is COC(=O)/C=C1/Sc2ccccc2N1C. The van der Waals surface area contributed by atoms with E-state index in [0.717, 1.165) is 15.6 Å². The van der Waals surface area contributed by atoms with Crippen molar-refractivity contribution in [1.29, 1.82) is 0 Å². The molecule has 0 aliphatic carbocycles. The van der Waals surface area contributed by atoms with Crippen LogP contribution in [0.2, 0.25) is 0 Å².